The largest absolute Gasteiger partial charge is 0.465 e. The molecule has 1 aliphatic carbocycles. The highest BCUT2D eigenvalue weighted by Gasteiger charge is 2.26. The van der Waals surface area contributed by atoms with Crippen LogP contribution in [0.25, 0.3) is 10.4 Å². The van der Waals surface area contributed by atoms with E-state index in [1.807, 2.05) is 11.7 Å². The summed E-state index contributed by atoms with van der Waals surface area (Å²) in [6.45, 7) is 4.38. The molecule has 1 aromatic heterocycles. The summed E-state index contributed by atoms with van der Waals surface area (Å²) in [5, 5.41) is 31.1. The van der Waals surface area contributed by atoms with Gasteiger partial charge in [0.1, 0.15) is 0 Å². The predicted molar refractivity (Wildman–Crippen MR) is 115 cm³/mol. The van der Waals surface area contributed by atoms with Crippen LogP contribution in [0.1, 0.15) is 31.2 Å². The molecule has 1 aromatic carbocycles. The van der Waals surface area contributed by atoms with Gasteiger partial charge in [0.15, 0.2) is 0 Å². The standard InChI is InChI=1S/C10H9NS.C7H13NO3.C4H9NO/c1-8-2-4-9(5-3-8)10-6-11-7-12-10;9-6-3-5(4-6)1-2-8-7(10)11;6-4-1-2-5-3-4/h2-7H,1H3;5-6,8-9H,1-4H2,(H,10,11);4-6H,1-3H2. The maximum Gasteiger partial charge on any atom is 0.404 e. The molecular formula is C21H31N3O4S. The second-order valence-corrected chi connectivity index (χ2v) is 8.28. The lowest BCUT2D eigenvalue weighted by molar-refractivity contribution is 0.0395. The molecular weight excluding hydrogens is 390 g/mol. The average Bonchev–Trinajstić information content (AvgIpc) is 3.35. The molecule has 1 atom stereocenters. The van der Waals surface area contributed by atoms with E-state index < -0.39 is 6.09 Å². The number of β-amino-alcohol motifs (C(OH)–C–C–N with tert-alkyl or cyclic N) is 1. The third kappa shape index (κ3) is 9.36. The number of aliphatic hydroxyl groups excluding tert-OH is 2. The summed E-state index contributed by atoms with van der Waals surface area (Å²) < 4.78 is 0. The van der Waals surface area contributed by atoms with Crippen LogP contribution in [-0.4, -0.2) is 58.2 Å². The third-order valence-corrected chi connectivity index (χ3v) is 5.66. The van der Waals surface area contributed by atoms with Crippen LogP contribution in [0, 0.1) is 12.8 Å². The normalized spacial score (nSPS) is 22.4. The van der Waals surface area contributed by atoms with Crippen molar-refractivity contribution in [1.29, 1.82) is 0 Å². The third-order valence-electron chi connectivity index (χ3n) is 4.84. The lowest BCUT2D eigenvalue weighted by atomic mass is 9.80. The van der Waals surface area contributed by atoms with E-state index in [0.29, 0.717) is 12.5 Å². The summed E-state index contributed by atoms with van der Waals surface area (Å²) in [6.07, 6.45) is 4.18. The first-order valence-electron chi connectivity index (χ1n) is 9.93. The maximum atomic E-state index is 9.99. The van der Waals surface area contributed by atoms with Gasteiger partial charge in [-0.05, 0) is 50.6 Å². The number of thiazole rings is 1. The number of amides is 1. The van der Waals surface area contributed by atoms with Crippen molar-refractivity contribution in [2.75, 3.05) is 19.6 Å². The number of carboxylic acid groups (broad SMARTS) is 1. The lowest BCUT2D eigenvalue weighted by Crippen LogP contribution is -2.32. The Bertz CT molecular complexity index is 697. The van der Waals surface area contributed by atoms with Gasteiger partial charge >= 0.3 is 6.09 Å². The second kappa shape index (κ2) is 12.5. The molecule has 7 nitrogen and oxygen atoms in total. The molecule has 2 aromatic rings. The van der Waals surface area contributed by atoms with Gasteiger partial charge in [-0.15, -0.1) is 11.3 Å². The molecule has 1 amide bonds. The highest BCUT2D eigenvalue weighted by Crippen LogP contribution is 2.29. The van der Waals surface area contributed by atoms with Gasteiger partial charge in [-0.3, -0.25) is 4.98 Å². The molecule has 2 heterocycles. The number of aryl methyl sites for hydroxylation is 1. The molecule has 2 aliphatic rings. The quantitative estimate of drug-likeness (QED) is 0.519. The van der Waals surface area contributed by atoms with Gasteiger partial charge < -0.3 is 26.0 Å². The Balaban J connectivity index is 0.000000164. The smallest absolute Gasteiger partial charge is 0.404 e. The Morgan fingerprint density at radius 3 is 2.41 bits per heavy atom. The van der Waals surface area contributed by atoms with Crippen LogP contribution < -0.4 is 10.6 Å². The first-order valence-corrected chi connectivity index (χ1v) is 10.8. The topological polar surface area (TPSA) is 115 Å². The van der Waals surface area contributed by atoms with Crippen LogP contribution >= 0.6 is 11.3 Å². The number of rotatable bonds is 4. The van der Waals surface area contributed by atoms with Crippen molar-refractivity contribution >= 4 is 17.4 Å². The van der Waals surface area contributed by atoms with Crippen molar-refractivity contribution in [2.24, 2.45) is 5.92 Å². The SMILES string of the molecule is Cc1ccc(-c2cncs2)cc1.O=C(O)NCCC1CC(O)C1.OC1CCNC1. The van der Waals surface area contributed by atoms with Crippen molar-refractivity contribution in [3.8, 4) is 10.4 Å². The molecule has 0 bridgehead atoms. The summed E-state index contributed by atoms with van der Waals surface area (Å²) in [7, 11) is 0. The molecule has 1 aliphatic heterocycles. The van der Waals surface area contributed by atoms with Crippen molar-refractivity contribution in [3.05, 3.63) is 41.5 Å². The van der Waals surface area contributed by atoms with E-state index in [4.69, 9.17) is 15.3 Å². The lowest BCUT2D eigenvalue weighted by Gasteiger charge is -2.31. The van der Waals surface area contributed by atoms with E-state index in [0.717, 1.165) is 38.8 Å². The molecule has 29 heavy (non-hydrogen) atoms. The molecule has 1 saturated carbocycles. The summed E-state index contributed by atoms with van der Waals surface area (Å²) in [4.78, 5) is 15.3. The molecule has 4 rings (SSSR count). The van der Waals surface area contributed by atoms with Crippen LogP contribution in [0.3, 0.4) is 0 Å². The number of carbonyl (C=O) groups is 1. The zero-order chi connectivity index (χ0) is 21.1. The van der Waals surface area contributed by atoms with Crippen molar-refractivity contribution < 1.29 is 20.1 Å². The fourth-order valence-electron chi connectivity index (χ4n) is 3.04. The first-order chi connectivity index (χ1) is 13.9. The Labute approximate surface area is 175 Å². The van der Waals surface area contributed by atoms with Crippen LogP contribution in [0.4, 0.5) is 4.79 Å². The number of aliphatic hydroxyl groups is 2. The average molecular weight is 422 g/mol. The van der Waals surface area contributed by atoms with E-state index in [9.17, 15) is 4.79 Å². The fourth-order valence-corrected chi connectivity index (χ4v) is 3.66. The number of benzene rings is 1. The van der Waals surface area contributed by atoms with Gasteiger partial charge in [0.25, 0.3) is 0 Å². The monoisotopic (exact) mass is 421 g/mol. The van der Waals surface area contributed by atoms with Gasteiger partial charge in [-0.25, -0.2) is 4.79 Å². The van der Waals surface area contributed by atoms with E-state index >= 15 is 0 Å². The Kier molecular flexibility index (Phi) is 10.1. The number of hydrogen-bond donors (Lipinski definition) is 5. The number of aromatic nitrogens is 1. The van der Waals surface area contributed by atoms with E-state index in [1.165, 1.54) is 16.0 Å². The molecule has 1 saturated heterocycles. The molecule has 160 valence electrons. The van der Waals surface area contributed by atoms with E-state index in [2.05, 4.69) is 46.8 Å². The Hall–Kier alpha value is -2.00. The van der Waals surface area contributed by atoms with E-state index in [-0.39, 0.29) is 12.2 Å². The fraction of sp³-hybridized carbons (Fsp3) is 0.524. The molecule has 0 spiro atoms. The zero-order valence-electron chi connectivity index (χ0n) is 16.8. The molecule has 5 N–H and O–H groups in total. The number of hydrogen-bond acceptors (Lipinski definition) is 6. The van der Waals surface area contributed by atoms with Crippen molar-refractivity contribution in [3.63, 3.8) is 0 Å². The summed E-state index contributed by atoms with van der Waals surface area (Å²) in [6, 6.07) is 8.50. The van der Waals surface area contributed by atoms with Gasteiger partial charge in [-0.2, -0.15) is 0 Å². The maximum absolute atomic E-state index is 9.99. The van der Waals surface area contributed by atoms with Crippen LogP contribution in [0.5, 0.6) is 0 Å². The Morgan fingerprint density at radius 1 is 1.24 bits per heavy atom. The van der Waals surface area contributed by atoms with Crippen molar-refractivity contribution in [1.82, 2.24) is 15.6 Å². The highest BCUT2D eigenvalue weighted by atomic mass is 32.1. The van der Waals surface area contributed by atoms with E-state index in [1.54, 1.807) is 11.3 Å². The summed E-state index contributed by atoms with van der Waals surface area (Å²) in [5.74, 6) is 0.525. The molecule has 2 fully saturated rings. The van der Waals surface area contributed by atoms with Crippen LogP contribution in [0.15, 0.2) is 36.0 Å². The second-order valence-electron chi connectivity index (χ2n) is 7.39. The Morgan fingerprint density at radius 2 is 1.97 bits per heavy atom. The van der Waals surface area contributed by atoms with Crippen LogP contribution in [0.2, 0.25) is 0 Å². The summed E-state index contributed by atoms with van der Waals surface area (Å²) >= 11 is 1.67. The van der Waals surface area contributed by atoms with Gasteiger partial charge in [0.05, 0.1) is 22.6 Å². The first kappa shape index (κ1) is 23.3. The number of nitrogens with zero attached hydrogens (tertiary/aromatic N) is 1. The number of nitrogens with one attached hydrogen (secondary N) is 2. The van der Waals surface area contributed by atoms with Crippen LogP contribution in [-0.2, 0) is 0 Å². The molecule has 0 radical (unpaired) electrons. The molecule has 8 heteroatoms. The zero-order valence-corrected chi connectivity index (χ0v) is 17.6. The van der Waals surface area contributed by atoms with Crippen molar-refractivity contribution in [2.45, 2.75) is 44.8 Å². The summed E-state index contributed by atoms with van der Waals surface area (Å²) in [5.41, 5.74) is 4.40. The van der Waals surface area contributed by atoms with Gasteiger partial charge in [-0.1, -0.05) is 29.8 Å². The minimum absolute atomic E-state index is 0.0648. The predicted octanol–water partition coefficient (Wildman–Crippen LogP) is 2.87. The minimum Gasteiger partial charge on any atom is -0.465 e. The van der Waals surface area contributed by atoms with Gasteiger partial charge in [0, 0.05) is 19.3 Å². The highest BCUT2D eigenvalue weighted by molar-refractivity contribution is 7.13. The molecule has 1 unspecified atom stereocenters. The van der Waals surface area contributed by atoms with Gasteiger partial charge in [0.2, 0.25) is 0 Å². The minimum atomic E-state index is -0.968.